The smallest absolute Gasteiger partial charge is 0.168 e. The highest BCUT2D eigenvalue weighted by Gasteiger charge is 2.28. The number of hydrazine groups is 1. The number of amidine groups is 1. The van der Waals surface area contributed by atoms with Crippen LogP contribution in [0.2, 0.25) is 0 Å². The highest BCUT2D eigenvalue weighted by molar-refractivity contribution is 7.91. The van der Waals surface area contributed by atoms with Crippen molar-refractivity contribution in [1.82, 2.24) is 15.4 Å². The molecular formula is C27H34F2N4O4S. The Balaban J connectivity index is 1.65. The summed E-state index contributed by atoms with van der Waals surface area (Å²) in [5.74, 6) is -1.04. The summed E-state index contributed by atoms with van der Waals surface area (Å²) < 4.78 is 67.8. The Morgan fingerprint density at radius 1 is 1.16 bits per heavy atom. The van der Waals surface area contributed by atoms with Crippen LogP contribution in [0.25, 0.3) is 10.9 Å². The number of aryl methyl sites for hydroxylation is 1. The standard InChI is InChI=1S/C27H34F2N4O4S/c1-6-12-36-27(3,4)16-38(34,35)13-10-20-19-9-11-30-24(19)15-23(29)25(20)37-18-7-8-22(28)21(14-18)26-31-17(2)32-33(26)5/h7-9,11,14-15,17,30,32H,6,10,12-13,16H2,1-5H3. The number of aromatic nitrogens is 1. The van der Waals surface area contributed by atoms with Crippen molar-refractivity contribution in [3.8, 4) is 11.5 Å². The van der Waals surface area contributed by atoms with E-state index in [0.29, 0.717) is 28.9 Å². The highest BCUT2D eigenvalue weighted by atomic mass is 32.2. The van der Waals surface area contributed by atoms with Gasteiger partial charge in [0.1, 0.15) is 23.6 Å². The molecule has 0 amide bonds. The number of ether oxygens (including phenoxy) is 2. The summed E-state index contributed by atoms with van der Waals surface area (Å²) in [4.78, 5) is 7.37. The average molecular weight is 549 g/mol. The van der Waals surface area contributed by atoms with E-state index >= 15 is 4.39 Å². The van der Waals surface area contributed by atoms with E-state index in [1.165, 1.54) is 24.3 Å². The van der Waals surface area contributed by atoms with E-state index in [9.17, 15) is 12.8 Å². The van der Waals surface area contributed by atoms with Crippen LogP contribution in [0, 0.1) is 11.6 Å². The monoisotopic (exact) mass is 548 g/mol. The molecule has 1 aliphatic rings. The average Bonchev–Trinajstić information content (AvgIpc) is 3.43. The molecule has 3 aromatic rings. The molecular weight excluding hydrogens is 514 g/mol. The Bertz CT molecular complexity index is 1450. The largest absolute Gasteiger partial charge is 0.454 e. The van der Waals surface area contributed by atoms with Crippen LogP contribution in [0.3, 0.4) is 0 Å². The van der Waals surface area contributed by atoms with Crippen LogP contribution < -0.4 is 10.2 Å². The van der Waals surface area contributed by atoms with Gasteiger partial charge >= 0.3 is 0 Å². The Kier molecular flexibility index (Phi) is 8.10. The van der Waals surface area contributed by atoms with Crippen molar-refractivity contribution in [1.29, 1.82) is 0 Å². The molecule has 0 spiro atoms. The van der Waals surface area contributed by atoms with Gasteiger partial charge in [-0.15, -0.1) is 0 Å². The molecule has 0 aliphatic carbocycles. The number of hydrogen-bond donors (Lipinski definition) is 2. The van der Waals surface area contributed by atoms with Crippen LogP contribution >= 0.6 is 0 Å². The topological polar surface area (TPSA) is 96.0 Å². The van der Waals surface area contributed by atoms with Crippen LogP contribution in [0.5, 0.6) is 11.5 Å². The lowest BCUT2D eigenvalue weighted by Gasteiger charge is -2.25. The van der Waals surface area contributed by atoms with E-state index in [-0.39, 0.29) is 41.2 Å². The van der Waals surface area contributed by atoms with Crippen molar-refractivity contribution in [2.75, 3.05) is 25.2 Å². The maximum atomic E-state index is 15.3. The molecule has 1 unspecified atom stereocenters. The summed E-state index contributed by atoms with van der Waals surface area (Å²) in [7, 11) is -1.82. The SMILES string of the molecule is CCCOC(C)(C)CS(=O)(=O)CCc1c(Oc2ccc(F)c(C3=NC(C)NN3C)c2)c(F)cc2[nH]ccc12. The molecule has 1 aromatic heterocycles. The zero-order valence-electron chi connectivity index (χ0n) is 22.3. The maximum absolute atomic E-state index is 15.3. The lowest BCUT2D eigenvalue weighted by molar-refractivity contribution is 0.000232. The van der Waals surface area contributed by atoms with Crippen molar-refractivity contribution >= 4 is 26.6 Å². The van der Waals surface area contributed by atoms with Crippen LogP contribution in [0.4, 0.5) is 8.78 Å². The quantitative estimate of drug-likeness (QED) is 0.352. The fourth-order valence-corrected chi connectivity index (χ4v) is 6.41. The summed E-state index contributed by atoms with van der Waals surface area (Å²) >= 11 is 0. The van der Waals surface area contributed by atoms with Gasteiger partial charge < -0.3 is 14.5 Å². The number of fused-ring (bicyclic) bond motifs is 1. The van der Waals surface area contributed by atoms with Crippen molar-refractivity contribution in [2.45, 2.75) is 52.3 Å². The highest BCUT2D eigenvalue weighted by Crippen LogP contribution is 2.36. The summed E-state index contributed by atoms with van der Waals surface area (Å²) in [6.45, 7) is 7.75. The van der Waals surface area contributed by atoms with E-state index in [1.807, 2.05) is 13.8 Å². The lowest BCUT2D eigenvalue weighted by Crippen LogP contribution is -2.36. The minimum absolute atomic E-state index is 0.0264. The summed E-state index contributed by atoms with van der Waals surface area (Å²) in [5, 5.41) is 2.26. The fraction of sp³-hybridized carbons (Fsp3) is 0.444. The summed E-state index contributed by atoms with van der Waals surface area (Å²) in [6, 6.07) is 7.15. The second-order valence-corrected chi connectivity index (χ2v) is 12.3. The first-order valence-corrected chi connectivity index (χ1v) is 14.4. The molecule has 1 atom stereocenters. The summed E-state index contributed by atoms with van der Waals surface area (Å²) in [6.07, 6.45) is 2.24. The molecule has 1 aliphatic heterocycles. The van der Waals surface area contributed by atoms with Gasteiger partial charge in [0, 0.05) is 42.4 Å². The fourth-order valence-electron chi connectivity index (χ4n) is 4.61. The van der Waals surface area contributed by atoms with E-state index < -0.39 is 27.1 Å². The number of nitrogens with zero attached hydrogens (tertiary/aromatic N) is 2. The molecule has 8 nitrogen and oxygen atoms in total. The number of aromatic amines is 1. The van der Waals surface area contributed by atoms with Crippen molar-refractivity contribution in [2.24, 2.45) is 4.99 Å². The third kappa shape index (κ3) is 6.33. The van der Waals surface area contributed by atoms with Crippen molar-refractivity contribution in [3.63, 3.8) is 0 Å². The van der Waals surface area contributed by atoms with E-state index in [0.717, 1.165) is 6.42 Å². The molecule has 38 heavy (non-hydrogen) atoms. The van der Waals surface area contributed by atoms with Gasteiger partial charge in [0.2, 0.25) is 0 Å². The predicted octanol–water partition coefficient (Wildman–Crippen LogP) is 4.94. The first-order chi connectivity index (χ1) is 17.9. The van der Waals surface area contributed by atoms with E-state index in [2.05, 4.69) is 15.4 Å². The first-order valence-electron chi connectivity index (χ1n) is 12.6. The number of halogens is 2. The van der Waals surface area contributed by atoms with Gasteiger partial charge in [0.05, 0.1) is 22.7 Å². The molecule has 0 bridgehead atoms. The number of hydrogen-bond acceptors (Lipinski definition) is 7. The van der Waals surface area contributed by atoms with Crippen molar-refractivity contribution in [3.05, 3.63) is 59.3 Å². The van der Waals surface area contributed by atoms with Gasteiger partial charge in [0.15, 0.2) is 21.4 Å². The number of rotatable bonds is 11. The molecule has 0 saturated heterocycles. The Hall–Kier alpha value is -3.02. The second-order valence-electron chi connectivity index (χ2n) is 10.1. The number of benzene rings is 2. The zero-order chi connectivity index (χ0) is 27.7. The maximum Gasteiger partial charge on any atom is 0.168 e. The molecule has 206 valence electrons. The normalized spacial score (nSPS) is 16.3. The Morgan fingerprint density at radius 2 is 1.92 bits per heavy atom. The molecule has 2 N–H and O–H groups in total. The van der Waals surface area contributed by atoms with Crippen LogP contribution in [0.15, 0.2) is 41.5 Å². The van der Waals surface area contributed by atoms with Gasteiger partial charge in [0.25, 0.3) is 0 Å². The summed E-state index contributed by atoms with van der Waals surface area (Å²) in [5.41, 5.74) is 3.34. The molecule has 0 saturated carbocycles. The minimum Gasteiger partial charge on any atom is -0.454 e. The molecule has 2 aromatic carbocycles. The first kappa shape index (κ1) is 28.0. The van der Waals surface area contributed by atoms with Gasteiger partial charge in [-0.1, -0.05) is 6.92 Å². The minimum atomic E-state index is -3.55. The Morgan fingerprint density at radius 3 is 2.61 bits per heavy atom. The molecule has 2 heterocycles. The van der Waals surface area contributed by atoms with Gasteiger partial charge in [-0.25, -0.2) is 27.6 Å². The van der Waals surface area contributed by atoms with E-state index in [4.69, 9.17) is 9.47 Å². The van der Waals surface area contributed by atoms with Gasteiger partial charge in [-0.3, -0.25) is 5.01 Å². The zero-order valence-corrected chi connectivity index (χ0v) is 23.1. The van der Waals surface area contributed by atoms with Gasteiger partial charge in [-0.05, 0) is 57.9 Å². The third-order valence-corrected chi connectivity index (χ3v) is 8.17. The Labute approximate surface area is 221 Å². The van der Waals surface area contributed by atoms with Crippen LogP contribution in [-0.2, 0) is 21.0 Å². The molecule has 0 fully saturated rings. The number of H-pyrrole nitrogens is 1. The molecule has 4 rings (SSSR count). The number of nitrogens with one attached hydrogen (secondary N) is 2. The number of aliphatic imine (C=N–C) groups is 1. The van der Waals surface area contributed by atoms with Crippen LogP contribution in [-0.4, -0.2) is 61.2 Å². The predicted molar refractivity (Wildman–Crippen MR) is 144 cm³/mol. The van der Waals surface area contributed by atoms with E-state index in [1.54, 1.807) is 38.2 Å². The molecule has 0 radical (unpaired) electrons. The lowest BCUT2D eigenvalue weighted by atomic mass is 10.1. The third-order valence-electron chi connectivity index (χ3n) is 6.21. The second kappa shape index (κ2) is 11.0. The van der Waals surface area contributed by atoms with Crippen LogP contribution in [0.1, 0.15) is 45.2 Å². The molecule has 11 heteroatoms. The number of sulfone groups is 1. The van der Waals surface area contributed by atoms with Crippen molar-refractivity contribution < 1.29 is 26.7 Å². The van der Waals surface area contributed by atoms with Gasteiger partial charge in [-0.2, -0.15) is 0 Å².